The molecule has 5 rings (SSSR count). The van der Waals surface area contributed by atoms with Crippen molar-refractivity contribution in [3.8, 4) is 0 Å². The molecule has 2 aliphatic heterocycles. The molecule has 1 saturated heterocycles. The molecule has 0 bridgehead atoms. The molecule has 3 aromatic heterocycles. The molecule has 0 radical (unpaired) electrons. The molecule has 1 atom stereocenters. The summed E-state index contributed by atoms with van der Waals surface area (Å²) in [4.78, 5) is 22.8. The smallest absolute Gasteiger partial charge is 0.332 e. The van der Waals surface area contributed by atoms with E-state index in [4.69, 9.17) is 0 Å². The first kappa shape index (κ1) is 22.7. The quantitative estimate of drug-likeness (QED) is 0.573. The van der Waals surface area contributed by atoms with E-state index in [1.807, 2.05) is 4.90 Å². The van der Waals surface area contributed by atoms with Crippen molar-refractivity contribution in [1.82, 2.24) is 39.2 Å². The van der Waals surface area contributed by atoms with Gasteiger partial charge in [-0.05, 0) is 51.5 Å². The number of hydrogen-bond donors (Lipinski definition) is 0. The Morgan fingerprint density at radius 2 is 1.88 bits per heavy atom. The van der Waals surface area contributed by atoms with Gasteiger partial charge in [-0.2, -0.15) is 18.2 Å². The standard InChI is InChI=1S/C22H27F3N8O/c1-13-15(14(2)33-21(26-13)27-20(30-33)22(23,24)25)9-10-18(34)31-12-6-7-16(31)19-29-28-17-8-4-3-5-11-32(17)19/h16H,3-12H2,1-2H3. The van der Waals surface area contributed by atoms with E-state index in [0.717, 1.165) is 54.8 Å². The first-order valence-corrected chi connectivity index (χ1v) is 11.8. The molecule has 2 aliphatic rings. The van der Waals surface area contributed by atoms with E-state index in [1.165, 1.54) is 6.42 Å². The van der Waals surface area contributed by atoms with Gasteiger partial charge in [-0.15, -0.1) is 15.3 Å². The molecule has 9 nitrogen and oxygen atoms in total. The van der Waals surface area contributed by atoms with Crippen LogP contribution >= 0.6 is 0 Å². The fourth-order valence-electron chi connectivity index (χ4n) is 5.15. The van der Waals surface area contributed by atoms with Crippen molar-refractivity contribution in [1.29, 1.82) is 0 Å². The van der Waals surface area contributed by atoms with Gasteiger partial charge in [0.05, 0.1) is 6.04 Å². The summed E-state index contributed by atoms with van der Waals surface area (Å²) in [6, 6.07) is -0.0840. The lowest BCUT2D eigenvalue weighted by molar-refractivity contribution is -0.144. The highest BCUT2D eigenvalue weighted by Crippen LogP contribution is 2.33. The Morgan fingerprint density at radius 1 is 1.06 bits per heavy atom. The predicted octanol–water partition coefficient (Wildman–Crippen LogP) is 3.37. The van der Waals surface area contributed by atoms with Gasteiger partial charge in [-0.25, -0.2) is 9.50 Å². The van der Waals surface area contributed by atoms with Crippen molar-refractivity contribution in [2.45, 2.75) is 84.0 Å². The van der Waals surface area contributed by atoms with Gasteiger partial charge < -0.3 is 9.47 Å². The van der Waals surface area contributed by atoms with Gasteiger partial charge in [-0.1, -0.05) is 6.42 Å². The number of likely N-dealkylation sites (tertiary alicyclic amines) is 1. The number of hydrogen-bond acceptors (Lipinski definition) is 6. The van der Waals surface area contributed by atoms with E-state index >= 15 is 0 Å². The number of aryl methyl sites for hydroxylation is 3. The van der Waals surface area contributed by atoms with Crippen molar-refractivity contribution in [2.24, 2.45) is 0 Å². The van der Waals surface area contributed by atoms with Crippen molar-refractivity contribution in [2.75, 3.05) is 6.54 Å². The number of rotatable bonds is 4. The molecule has 0 N–H and O–H groups in total. The molecule has 0 spiro atoms. The number of alkyl halides is 3. The van der Waals surface area contributed by atoms with Crippen LogP contribution in [0.5, 0.6) is 0 Å². The van der Waals surface area contributed by atoms with E-state index in [0.29, 0.717) is 29.9 Å². The van der Waals surface area contributed by atoms with E-state index in [2.05, 4.69) is 29.8 Å². The third-order valence-corrected chi connectivity index (χ3v) is 6.90. The van der Waals surface area contributed by atoms with Crippen LogP contribution in [0.4, 0.5) is 13.2 Å². The summed E-state index contributed by atoms with van der Waals surface area (Å²) in [6.07, 6.45) is 2.00. The number of carbonyl (C=O) groups is 1. The fraction of sp³-hybridized carbons (Fsp3) is 0.636. The van der Waals surface area contributed by atoms with Crippen LogP contribution in [0, 0.1) is 13.8 Å². The number of amides is 1. The first-order valence-electron chi connectivity index (χ1n) is 11.8. The minimum Gasteiger partial charge on any atom is -0.332 e. The van der Waals surface area contributed by atoms with Crippen LogP contribution in [0.2, 0.25) is 0 Å². The molecule has 5 heterocycles. The largest absolute Gasteiger partial charge is 0.453 e. The van der Waals surface area contributed by atoms with Crippen LogP contribution in [0.25, 0.3) is 5.78 Å². The number of carbonyl (C=O) groups excluding carboxylic acids is 1. The van der Waals surface area contributed by atoms with E-state index < -0.39 is 12.0 Å². The monoisotopic (exact) mass is 476 g/mol. The average molecular weight is 477 g/mol. The first-order chi connectivity index (χ1) is 16.2. The zero-order valence-corrected chi connectivity index (χ0v) is 19.3. The van der Waals surface area contributed by atoms with Crippen molar-refractivity contribution in [3.05, 3.63) is 34.4 Å². The molecular weight excluding hydrogens is 449 g/mol. The van der Waals surface area contributed by atoms with Crippen LogP contribution in [0.15, 0.2) is 0 Å². The summed E-state index contributed by atoms with van der Waals surface area (Å²) in [7, 11) is 0. The molecule has 1 amide bonds. The topological polar surface area (TPSA) is 94.1 Å². The summed E-state index contributed by atoms with van der Waals surface area (Å²) >= 11 is 0. The minimum absolute atomic E-state index is 0.00180. The number of nitrogens with zero attached hydrogens (tertiary/aromatic N) is 8. The molecule has 0 saturated carbocycles. The minimum atomic E-state index is -4.64. The Bertz CT molecular complexity index is 1230. The summed E-state index contributed by atoms with van der Waals surface area (Å²) in [5.74, 6) is 0.568. The summed E-state index contributed by atoms with van der Waals surface area (Å²) in [5.41, 5.74) is 1.78. The normalized spacial score (nSPS) is 19.0. The molecule has 0 aromatic carbocycles. The van der Waals surface area contributed by atoms with Gasteiger partial charge in [0.1, 0.15) is 5.82 Å². The third-order valence-electron chi connectivity index (χ3n) is 6.90. The Hall–Kier alpha value is -3.05. The molecule has 34 heavy (non-hydrogen) atoms. The third kappa shape index (κ3) is 4.03. The van der Waals surface area contributed by atoms with Crippen LogP contribution < -0.4 is 0 Å². The van der Waals surface area contributed by atoms with Crippen LogP contribution in [0.1, 0.15) is 79.0 Å². The zero-order valence-electron chi connectivity index (χ0n) is 19.3. The van der Waals surface area contributed by atoms with Gasteiger partial charge in [0.15, 0.2) is 5.82 Å². The van der Waals surface area contributed by atoms with Gasteiger partial charge in [-0.3, -0.25) is 4.79 Å². The van der Waals surface area contributed by atoms with Crippen LogP contribution in [-0.2, 0) is 30.4 Å². The van der Waals surface area contributed by atoms with Crippen molar-refractivity contribution in [3.63, 3.8) is 0 Å². The maximum Gasteiger partial charge on any atom is 0.453 e. The Labute approximate surface area is 194 Å². The predicted molar refractivity (Wildman–Crippen MR) is 115 cm³/mol. The molecule has 12 heteroatoms. The van der Waals surface area contributed by atoms with Gasteiger partial charge in [0.25, 0.3) is 11.6 Å². The Morgan fingerprint density at radius 3 is 2.68 bits per heavy atom. The lowest BCUT2D eigenvalue weighted by Crippen LogP contribution is -2.32. The second-order valence-corrected chi connectivity index (χ2v) is 9.09. The lowest BCUT2D eigenvalue weighted by atomic mass is 10.1. The highest BCUT2D eigenvalue weighted by atomic mass is 19.4. The Balaban J connectivity index is 1.34. The van der Waals surface area contributed by atoms with Gasteiger partial charge >= 0.3 is 6.18 Å². The molecule has 1 fully saturated rings. The van der Waals surface area contributed by atoms with Crippen LogP contribution in [-0.4, -0.2) is 51.7 Å². The zero-order chi connectivity index (χ0) is 24.0. The van der Waals surface area contributed by atoms with E-state index in [-0.39, 0.29) is 24.1 Å². The van der Waals surface area contributed by atoms with Gasteiger partial charge in [0.2, 0.25) is 5.91 Å². The second-order valence-electron chi connectivity index (χ2n) is 9.09. The molecule has 182 valence electrons. The Kier molecular flexibility index (Phi) is 5.76. The maximum absolute atomic E-state index is 13.2. The summed E-state index contributed by atoms with van der Waals surface area (Å²) in [6.45, 7) is 4.95. The van der Waals surface area contributed by atoms with E-state index in [1.54, 1.807) is 13.8 Å². The molecule has 1 unspecified atom stereocenters. The lowest BCUT2D eigenvalue weighted by Gasteiger charge is -2.25. The maximum atomic E-state index is 13.2. The highest BCUT2D eigenvalue weighted by Gasteiger charge is 2.37. The highest BCUT2D eigenvalue weighted by molar-refractivity contribution is 5.77. The number of fused-ring (bicyclic) bond motifs is 2. The molecule has 3 aromatic rings. The number of aromatic nitrogens is 7. The summed E-state index contributed by atoms with van der Waals surface area (Å²) < 4.78 is 42.4. The van der Waals surface area contributed by atoms with Crippen molar-refractivity contribution >= 4 is 11.7 Å². The SMILES string of the molecule is Cc1nc2nc(C(F)(F)F)nn2c(C)c1CCC(=O)N1CCCC1c1nnc2n1CCCCC2. The molecule has 0 aliphatic carbocycles. The second kappa shape index (κ2) is 8.62. The number of halogens is 3. The summed E-state index contributed by atoms with van der Waals surface area (Å²) in [5, 5.41) is 12.4. The molecular formula is C22H27F3N8O. The van der Waals surface area contributed by atoms with Crippen molar-refractivity contribution < 1.29 is 18.0 Å². The van der Waals surface area contributed by atoms with E-state index in [9.17, 15) is 18.0 Å². The fourth-order valence-corrected chi connectivity index (χ4v) is 5.15. The average Bonchev–Trinajstić information content (AvgIpc) is 3.48. The van der Waals surface area contributed by atoms with Crippen LogP contribution in [0.3, 0.4) is 0 Å². The van der Waals surface area contributed by atoms with Gasteiger partial charge in [0, 0.05) is 37.3 Å².